The summed E-state index contributed by atoms with van der Waals surface area (Å²) in [6.45, 7) is 8.54. The summed E-state index contributed by atoms with van der Waals surface area (Å²) in [6, 6.07) is 8.01. The van der Waals surface area contributed by atoms with Gasteiger partial charge in [0.2, 0.25) is 5.91 Å². The van der Waals surface area contributed by atoms with Crippen molar-refractivity contribution in [2.45, 2.75) is 52.9 Å². The van der Waals surface area contributed by atoms with Crippen molar-refractivity contribution >= 4 is 108 Å². The van der Waals surface area contributed by atoms with Crippen molar-refractivity contribution in [1.82, 2.24) is 30.2 Å². The van der Waals surface area contributed by atoms with Crippen molar-refractivity contribution < 1.29 is 4.79 Å². The number of nitrogens with one attached hydrogen (secondary N) is 3. The van der Waals surface area contributed by atoms with Gasteiger partial charge in [-0.25, -0.2) is 19.9 Å². The fourth-order valence-corrected chi connectivity index (χ4v) is 10.1. The van der Waals surface area contributed by atoms with Crippen LogP contribution in [0.5, 0.6) is 0 Å². The molecule has 0 aliphatic carbocycles. The second-order valence-electron chi connectivity index (χ2n) is 13.7. The minimum Gasteiger partial charge on any atom is -0.338 e. The molecule has 0 bridgehead atoms. The lowest BCUT2D eigenvalue weighted by atomic mass is 10.0. The number of carbonyl (C=O) groups excluding carboxylic acids is 1. The van der Waals surface area contributed by atoms with Crippen molar-refractivity contribution in [3.05, 3.63) is 90.1 Å². The first-order chi connectivity index (χ1) is 25.8. The van der Waals surface area contributed by atoms with Gasteiger partial charge in [0.1, 0.15) is 34.0 Å². The average molecular weight is 782 g/mol. The third-order valence-corrected chi connectivity index (χ3v) is 12.8. The molecule has 3 N–H and O–H groups in total. The van der Waals surface area contributed by atoms with Crippen molar-refractivity contribution in [1.29, 1.82) is 0 Å². The maximum absolute atomic E-state index is 12.4. The van der Waals surface area contributed by atoms with E-state index in [2.05, 4.69) is 45.9 Å². The Balaban J connectivity index is 0.000000143. The van der Waals surface area contributed by atoms with Gasteiger partial charge in [0.25, 0.3) is 0 Å². The summed E-state index contributed by atoms with van der Waals surface area (Å²) in [5, 5.41) is 13.8. The number of hydrogen-bond donors (Lipinski definition) is 3. The Morgan fingerprint density at radius 2 is 1.36 bits per heavy atom. The largest absolute Gasteiger partial charge is 0.338 e. The fourth-order valence-electron chi connectivity index (χ4n) is 7.24. The highest BCUT2D eigenvalue weighted by atomic mass is 35.5. The van der Waals surface area contributed by atoms with Crippen molar-refractivity contribution in [2.24, 2.45) is 15.9 Å². The van der Waals surface area contributed by atoms with Crippen LogP contribution in [0, 0.1) is 5.92 Å². The molecule has 1 amide bonds. The standard InChI is InChI=1S/C21H20ClN5OS.C17H14ClN5S/c1-11(2)21(28)27-4-3-14-17(9-27)29-20-18(14)19(24-10-25-20)26-16-6-13-8-23-7-12(13)5-15(16)22;18-12-3-9-5-20-6-10(9)4-13(12)23-16-15-11-1-2-19-7-14(11)24-17(15)22-8-21-16/h5-6,8,10-11H,3-4,7,9H2,1-2H3,(H,24,25,26);3-4,6,8,19H,1-2,5,7H2,(H,21,22,23). The van der Waals surface area contributed by atoms with Crippen LogP contribution >= 0.6 is 45.9 Å². The van der Waals surface area contributed by atoms with E-state index in [-0.39, 0.29) is 11.8 Å². The lowest BCUT2D eigenvalue weighted by Gasteiger charge is -2.28. The summed E-state index contributed by atoms with van der Waals surface area (Å²) in [5.74, 6) is 1.79. The number of anilines is 4. The van der Waals surface area contributed by atoms with E-state index in [9.17, 15) is 4.79 Å². The summed E-state index contributed by atoms with van der Waals surface area (Å²) >= 11 is 16.3. The molecule has 0 atom stereocenters. The van der Waals surface area contributed by atoms with E-state index in [1.807, 2.05) is 55.4 Å². The quantitative estimate of drug-likeness (QED) is 0.160. The number of aliphatic imine (C=N–C) groups is 2. The van der Waals surface area contributed by atoms with Crippen LogP contribution in [-0.4, -0.2) is 56.3 Å². The van der Waals surface area contributed by atoms with Gasteiger partial charge in [0.05, 0.1) is 51.8 Å². The van der Waals surface area contributed by atoms with Crippen molar-refractivity contribution in [2.75, 3.05) is 23.7 Å². The zero-order chi connectivity index (χ0) is 36.2. The normalized spacial score (nSPS) is 15.3. The third kappa shape index (κ3) is 6.44. The maximum Gasteiger partial charge on any atom is 0.225 e. The van der Waals surface area contributed by atoms with E-state index >= 15 is 0 Å². The topological polar surface area (TPSA) is 133 Å². The van der Waals surface area contributed by atoms with Gasteiger partial charge < -0.3 is 20.9 Å². The Labute approximate surface area is 323 Å². The Morgan fingerprint density at radius 3 is 1.94 bits per heavy atom. The lowest BCUT2D eigenvalue weighted by Crippen LogP contribution is -2.37. The van der Waals surface area contributed by atoms with Gasteiger partial charge in [-0.3, -0.25) is 14.8 Å². The molecule has 6 aromatic rings. The molecule has 2 aromatic carbocycles. The minimum absolute atomic E-state index is 0.00781. The number of hydrogen-bond acceptors (Lipinski definition) is 12. The lowest BCUT2D eigenvalue weighted by molar-refractivity contribution is -0.135. The monoisotopic (exact) mass is 780 g/mol. The van der Waals surface area contributed by atoms with Crippen LogP contribution in [0.1, 0.15) is 57.0 Å². The van der Waals surface area contributed by atoms with Gasteiger partial charge >= 0.3 is 0 Å². The summed E-state index contributed by atoms with van der Waals surface area (Å²) in [5.41, 5.74) is 8.76. The molecule has 0 saturated heterocycles. The van der Waals surface area contributed by atoms with Crippen LogP contribution in [0.3, 0.4) is 0 Å². The molecule has 4 aromatic heterocycles. The second kappa shape index (κ2) is 14.0. The molecule has 0 unspecified atom stereocenters. The summed E-state index contributed by atoms with van der Waals surface area (Å²) in [4.78, 5) is 45.4. The van der Waals surface area contributed by atoms with E-state index in [0.717, 1.165) is 98.2 Å². The number of benzene rings is 2. The predicted molar refractivity (Wildman–Crippen MR) is 216 cm³/mol. The van der Waals surface area contributed by atoms with E-state index in [4.69, 9.17) is 23.2 Å². The minimum atomic E-state index is 0.00781. The number of fused-ring (bicyclic) bond motifs is 8. The second-order valence-corrected chi connectivity index (χ2v) is 16.6. The summed E-state index contributed by atoms with van der Waals surface area (Å²) in [6.07, 6.45) is 8.77. The van der Waals surface area contributed by atoms with E-state index < -0.39 is 0 Å². The molecular weight excluding hydrogens is 748 g/mol. The molecule has 11 nitrogen and oxygen atoms in total. The molecule has 0 fully saturated rings. The maximum atomic E-state index is 12.4. The van der Waals surface area contributed by atoms with Crippen LogP contribution in [0.4, 0.5) is 23.0 Å². The molecular formula is C38H34Cl2N10OS2. The van der Waals surface area contributed by atoms with Gasteiger partial charge in [-0.15, -0.1) is 22.7 Å². The highest BCUT2D eigenvalue weighted by Gasteiger charge is 2.28. The number of carbonyl (C=O) groups is 1. The molecule has 268 valence electrons. The van der Waals surface area contributed by atoms with Gasteiger partial charge in [0.15, 0.2) is 0 Å². The first-order valence-electron chi connectivity index (χ1n) is 17.5. The first kappa shape index (κ1) is 34.3. The van der Waals surface area contributed by atoms with Crippen LogP contribution in [0.15, 0.2) is 46.9 Å². The number of amides is 1. The molecule has 4 aliphatic rings. The van der Waals surface area contributed by atoms with Gasteiger partial charge in [0, 0.05) is 41.2 Å². The number of aromatic nitrogens is 4. The summed E-state index contributed by atoms with van der Waals surface area (Å²) < 4.78 is 0. The molecule has 53 heavy (non-hydrogen) atoms. The predicted octanol–water partition coefficient (Wildman–Crippen LogP) is 8.23. The van der Waals surface area contributed by atoms with Crippen LogP contribution < -0.4 is 16.0 Å². The Hall–Kier alpha value is -4.53. The van der Waals surface area contributed by atoms with Crippen LogP contribution in [0.25, 0.3) is 20.4 Å². The number of rotatable bonds is 5. The van der Waals surface area contributed by atoms with E-state index in [1.54, 1.807) is 35.3 Å². The third-order valence-electron chi connectivity index (χ3n) is 9.90. The first-order valence-corrected chi connectivity index (χ1v) is 19.9. The van der Waals surface area contributed by atoms with Crippen LogP contribution in [0.2, 0.25) is 10.0 Å². The number of nitrogens with zero attached hydrogens (tertiary/aromatic N) is 7. The molecule has 4 aliphatic heterocycles. The Morgan fingerprint density at radius 1 is 0.792 bits per heavy atom. The SMILES string of the molecule is CC(C)C(=O)N1CCc2c(sc3ncnc(Nc4cc5c(cc4Cl)CN=C5)c23)C1.Clc1cc2c(cc1Nc1ncnc3sc4c(c13)CCNC4)C=NC2. The zero-order valence-electron chi connectivity index (χ0n) is 29.0. The van der Waals surface area contributed by atoms with Gasteiger partial charge in [-0.05, 0) is 77.0 Å². The number of thiophene rings is 2. The fraction of sp³-hybridized carbons (Fsp3) is 0.289. The van der Waals surface area contributed by atoms with Gasteiger partial charge in [-0.2, -0.15) is 0 Å². The molecule has 0 saturated carbocycles. The van der Waals surface area contributed by atoms with Gasteiger partial charge in [-0.1, -0.05) is 37.0 Å². The molecule has 8 heterocycles. The highest BCUT2D eigenvalue weighted by Crippen LogP contribution is 2.41. The highest BCUT2D eigenvalue weighted by molar-refractivity contribution is 7.19. The Kier molecular flexibility index (Phi) is 9.07. The molecule has 0 radical (unpaired) electrons. The smallest absolute Gasteiger partial charge is 0.225 e. The molecule has 15 heteroatoms. The summed E-state index contributed by atoms with van der Waals surface area (Å²) in [7, 11) is 0. The van der Waals surface area contributed by atoms with Crippen LogP contribution in [-0.2, 0) is 43.8 Å². The van der Waals surface area contributed by atoms with Crippen molar-refractivity contribution in [3.8, 4) is 0 Å². The van der Waals surface area contributed by atoms with E-state index in [0.29, 0.717) is 29.7 Å². The average Bonchev–Trinajstić information content (AvgIpc) is 3.96. The van der Waals surface area contributed by atoms with Crippen molar-refractivity contribution in [3.63, 3.8) is 0 Å². The van der Waals surface area contributed by atoms with E-state index in [1.165, 1.54) is 20.9 Å². The molecule has 10 rings (SSSR count). The number of halogens is 2. The Bertz CT molecular complexity index is 2510. The zero-order valence-corrected chi connectivity index (χ0v) is 32.1. The molecule has 0 spiro atoms.